The van der Waals surface area contributed by atoms with Crippen LogP contribution >= 0.6 is 23.4 Å². The topological polar surface area (TPSA) is 20.3 Å². The molecular formula is C21H21ClFNOS. The van der Waals surface area contributed by atoms with E-state index in [1.807, 2.05) is 24.0 Å². The van der Waals surface area contributed by atoms with E-state index < -0.39 is 0 Å². The molecule has 0 radical (unpaired) electrons. The van der Waals surface area contributed by atoms with E-state index in [9.17, 15) is 9.18 Å². The standard InChI is InChI=1S/C21H21ClFNOS/c1-15-13-16(5-10-21(25)24-11-3-2-4-12-24)19(22)14-20(15)26-18-8-6-17(23)7-9-18/h5-10,13-14H,2-4,11-12H2,1H3/b10-5+. The fourth-order valence-corrected chi connectivity index (χ4v) is 4.15. The first-order valence-electron chi connectivity index (χ1n) is 8.73. The van der Waals surface area contributed by atoms with Crippen molar-refractivity contribution in [1.29, 1.82) is 0 Å². The van der Waals surface area contributed by atoms with Crippen molar-refractivity contribution >= 4 is 35.3 Å². The fourth-order valence-electron chi connectivity index (χ4n) is 2.93. The Morgan fingerprint density at radius 3 is 2.54 bits per heavy atom. The van der Waals surface area contributed by atoms with E-state index in [1.54, 1.807) is 36.0 Å². The zero-order valence-corrected chi connectivity index (χ0v) is 16.2. The molecule has 26 heavy (non-hydrogen) atoms. The second kappa shape index (κ2) is 8.74. The van der Waals surface area contributed by atoms with Gasteiger partial charge in [-0.1, -0.05) is 23.4 Å². The number of aryl methyl sites for hydroxylation is 1. The van der Waals surface area contributed by atoms with Gasteiger partial charge in [0.15, 0.2) is 0 Å². The maximum atomic E-state index is 13.0. The largest absolute Gasteiger partial charge is 0.339 e. The van der Waals surface area contributed by atoms with Crippen molar-refractivity contribution in [2.45, 2.75) is 36.0 Å². The smallest absolute Gasteiger partial charge is 0.246 e. The number of nitrogens with zero attached hydrogens (tertiary/aromatic N) is 1. The van der Waals surface area contributed by atoms with Gasteiger partial charge in [-0.3, -0.25) is 4.79 Å². The van der Waals surface area contributed by atoms with Crippen LogP contribution in [-0.2, 0) is 4.79 Å². The maximum absolute atomic E-state index is 13.0. The quantitative estimate of drug-likeness (QED) is 0.601. The van der Waals surface area contributed by atoms with E-state index in [0.29, 0.717) is 5.02 Å². The van der Waals surface area contributed by atoms with Gasteiger partial charge in [0, 0.05) is 34.0 Å². The number of carbonyl (C=O) groups excluding carboxylic acids is 1. The second-order valence-corrected chi connectivity index (χ2v) is 7.94. The molecule has 0 aliphatic carbocycles. The number of carbonyl (C=O) groups is 1. The summed E-state index contributed by atoms with van der Waals surface area (Å²) in [5.74, 6) is -0.203. The summed E-state index contributed by atoms with van der Waals surface area (Å²) in [6.07, 6.45) is 6.76. The number of rotatable bonds is 4. The fraction of sp³-hybridized carbons (Fsp3) is 0.286. The van der Waals surface area contributed by atoms with Crippen molar-refractivity contribution in [2.75, 3.05) is 13.1 Å². The molecule has 1 amide bonds. The van der Waals surface area contributed by atoms with Crippen LogP contribution in [-0.4, -0.2) is 23.9 Å². The van der Waals surface area contributed by atoms with Gasteiger partial charge in [-0.15, -0.1) is 0 Å². The lowest BCUT2D eigenvalue weighted by Gasteiger charge is -2.25. The van der Waals surface area contributed by atoms with Crippen LogP contribution in [0.3, 0.4) is 0 Å². The van der Waals surface area contributed by atoms with Crippen LogP contribution in [0.2, 0.25) is 5.02 Å². The number of piperidine rings is 1. The average Bonchev–Trinajstić information content (AvgIpc) is 2.65. The van der Waals surface area contributed by atoms with Gasteiger partial charge in [-0.2, -0.15) is 0 Å². The van der Waals surface area contributed by atoms with E-state index in [1.165, 1.54) is 18.6 Å². The average molecular weight is 390 g/mol. The van der Waals surface area contributed by atoms with Gasteiger partial charge in [0.25, 0.3) is 0 Å². The van der Waals surface area contributed by atoms with Crippen molar-refractivity contribution < 1.29 is 9.18 Å². The SMILES string of the molecule is Cc1cc(/C=C/C(=O)N2CCCCC2)c(Cl)cc1Sc1ccc(F)cc1. The number of amides is 1. The summed E-state index contributed by atoms with van der Waals surface area (Å²) in [6, 6.07) is 10.3. The first-order chi connectivity index (χ1) is 12.5. The molecule has 1 saturated heterocycles. The molecule has 0 spiro atoms. The number of benzene rings is 2. The van der Waals surface area contributed by atoms with E-state index in [0.717, 1.165) is 46.8 Å². The summed E-state index contributed by atoms with van der Waals surface area (Å²) in [4.78, 5) is 16.1. The Kier molecular flexibility index (Phi) is 6.38. The Morgan fingerprint density at radius 2 is 1.85 bits per heavy atom. The summed E-state index contributed by atoms with van der Waals surface area (Å²) >= 11 is 7.96. The number of hydrogen-bond donors (Lipinski definition) is 0. The minimum atomic E-state index is -0.247. The molecule has 0 saturated carbocycles. The molecule has 2 aromatic rings. The summed E-state index contributed by atoms with van der Waals surface area (Å²) in [6.45, 7) is 3.68. The zero-order chi connectivity index (χ0) is 18.5. The molecule has 0 N–H and O–H groups in total. The highest BCUT2D eigenvalue weighted by atomic mass is 35.5. The van der Waals surface area contributed by atoms with E-state index >= 15 is 0 Å². The molecule has 1 aliphatic rings. The van der Waals surface area contributed by atoms with Gasteiger partial charge < -0.3 is 4.90 Å². The summed E-state index contributed by atoms with van der Waals surface area (Å²) in [5.41, 5.74) is 1.90. The molecule has 1 fully saturated rings. The van der Waals surface area contributed by atoms with Gasteiger partial charge in [0.05, 0.1) is 0 Å². The molecule has 2 nitrogen and oxygen atoms in total. The van der Waals surface area contributed by atoms with E-state index in [4.69, 9.17) is 11.6 Å². The Morgan fingerprint density at radius 1 is 1.15 bits per heavy atom. The molecule has 3 rings (SSSR count). The first-order valence-corrected chi connectivity index (χ1v) is 9.93. The zero-order valence-electron chi connectivity index (χ0n) is 14.7. The predicted molar refractivity (Wildman–Crippen MR) is 106 cm³/mol. The Labute approximate surface area is 163 Å². The van der Waals surface area contributed by atoms with Crippen LogP contribution in [0.1, 0.15) is 30.4 Å². The Hall–Kier alpha value is -1.78. The number of hydrogen-bond acceptors (Lipinski definition) is 2. The van der Waals surface area contributed by atoms with Crippen LogP contribution in [0.25, 0.3) is 6.08 Å². The van der Waals surface area contributed by atoms with Gasteiger partial charge in [-0.25, -0.2) is 4.39 Å². The molecule has 0 aromatic heterocycles. The van der Waals surface area contributed by atoms with Gasteiger partial charge in [-0.05, 0) is 79.8 Å². The maximum Gasteiger partial charge on any atom is 0.246 e. The molecule has 0 unspecified atom stereocenters. The molecular weight excluding hydrogens is 369 g/mol. The van der Waals surface area contributed by atoms with Crippen LogP contribution < -0.4 is 0 Å². The number of likely N-dealkylation sites (tertiary alicyclic amines) is 1. The van der Waals surface area contributed by atoms with Crippen LogP contribution in [0.4, 0.5) is 4.39 Å². The van der Waals surface area contributed by atoms with Crippen LogP contribution in [0, 0.1) is 12.7 Å². The summed E-state index contributed by atoms with van der Waals surface area (Å²) < 4.78 is 13.0. The van der Waals surface area contributed by atoms with E-state index in [2.05, 4.69) is 0 Å². The van der Waals surface area contributed by atoms with Crippen molar-refractivity contribution in [3.8, 4) is 0 Å². The second-order valence-electron chi connectivity index (χ2n) is 6.41. The van der Waals surface area contributed by atoms with Gasteiger partial charge >= 0.3 is 0 Å². The van der Waals surface area contributed by atoms with Crippen molar-refractivity contribution in [3.63, 3.8) is 0 Å². The molecule has 5 heteroatoms. The van der Waals surface area contributed by atoms with Crippen molar-refractivity contribution in [1.82, 2.24) is 4.90 Å². The van der Waals surface area contributed by atoms with Gasteiger partial charge in [0.2, 0.25) is 5.91 Å². The molecule has 1 heterocycles. The highest BCUT2D eigenvalue weighted by Crippen LogP contribution is 2.34. The number of halogens is 2. The lowest BCUT2D eigenvalue weighted by molar-refractivity contribution is -0.126. The molecule has 0 atom stereocenters. The Bertz CT molecular complexity index is 814. The predicted octanol–water partition coefficient (Wildman–Crippen LogP) is 5.96. The summed E-state index contributed by atoms with van der Waals surface area (Å²) in [5, 5.41) is 0.600. The van der Waals surface area contributed by atoms with Gasteiger partial charge in [0.1, 0.15) is 5.82 Å². The van der Waals surface area contributed by atoms with E-state index in [-0.39, 0.29) is 11.7 Å². The third-order valence-electron chi connectivity index (χ3n) is 4.41. The van der Waals surface area contributed by atoms with Crippen LogP contribution in [0.5, 0.6) is 0 Å². The minimum absolute atomic E-state index is 0.0446. The van der Waals surface area contributed by atoms with Crippen LogP contribution in [0.15, 0.2) is 52.3 Å². The molecule has 2 aromatic carbocycles. The summed E-state index contributed by atoms with van der Waals surface area (Å²) in [7, 11) is 0. The van der Waals surface area contributed by atoms with Crippen molar-refractivity contribution in [2.24, 2.45) is 0 Å². The molecule has 136 valence electrons. The third kappa shape index (κ3) is 4.89. The molecule has 1 aliphatic heterocycles. The normalized spacial score (nSPS) is 14.8. The lowest BCUT2D eigenvalue weighted by Crippen LogP contribution is -2.34. The van der Waals surface area contributed by atoms with Crippen molar-refractivity contribution in [3.05, 3.63) is 64.4 Å². The third-order valence-corrected chi connectivity index (χ3v) is 5.90. The molecule has 0 bridgehead atoms. The minimum Gasteiger partial charge on any atom is -0.339 e. The highest BCUT2D eigenvalue weighted by Gasteiger charge is 2.14. The Balaban J connectivity index is 1.73. The highest BCUT2D eigenvalue weighted by molar-refractivity contribution is 7.99. The monoisotopic (exact) mass is 389 g/mol. The lowest BCUT2D eigenvalue weighted by atomic mass is 10.1. The first kappa shape index (κ1) is 19.0.